The molecule has 1 fully saturated rings. The van der Waals surface area contributed by atoms with Crippen molar-refractivity contribution in [2.24, 2.45) is 17.6 Å². The van der Waals surface area contributed by atoms with Gasteiger partial charge in [0.15, 0.2) is 0 Å². The van der Waals surface area contributed by atoms with E-state index in [1.807, 2.05) is 6.92 Å². The molecule has 2 rings (SSSR count). The van der Waals surface area contributed by atoms with Crippen LogP contribution in [-0.4, -0.2) is 16.9 Å². The van der Waals surface area contributed by atoms with Gasteiger partial charge < -0.3 is 16.8 Å². The lowest BCUT2D eigenvalue weighted by Crippen LogP contribution is -2.33. The summed E-state index contributed by atoms with van der Waals surface area (Å²) < 4.78 is 0. The van der Waals surface area contributed by atoms with Crippen molar-refractivity contribution in [1.29, 1.82) is 0 Å². The fraction of sp³-hybridized carbons (Fsp3) is 0.571. The van der Waals surface area contributed by atoms with Crippen LogP contribution >= 0.6 is 0 Å². The number of nitrogens with two attached hydrogens (primary N) is 2. The molecule has 1 aromatic rings. The van der Waals surface area contributed by atoms with Gasteiger partial charge in [-0.1, -0.05) is 0 Å². The number of rotatable bonds is 3. The Morgan fingerprint density at radius 1 is 1.42 bits per heavy atom. The fourth-order valence-corrected chi connectivity index (χ4v) is 2.68. The minimum Gasteiger partial charge on any atom is -0.384 e. The summed E-state index contributed by atoms with van der Waals surface area (Å²) in [4.78, 5) is 16.1. The van der Waals surface area contributed by atoms with Crippen molar-refractivity contribution in [3.63, 3.8) is 0 Å². The molecule has 0 radical (unpaired) electrons. The number of carbonyl (C=O) groups is 1. The molecule has 0 spiro atoms. The molecule has 1 amide bonds. The first-order chi connectivity index (χ1) is 9.06. The number of aromatic nitrogens is 1. The molecule has 0 unspecified atom stereocenters. The molecule has 0 bridgehead atoms. The van der Waals surface area contributed by atoms with Crippen molar-refractivity contribution in [2.75, 3.05) is 11.1 Å². The SMILES string of the molecule is C[C@@H](N)C1CCC(C(=O)Nc2ccnc(N)c2)CC1. The number of hydrogen-bond donors (Lipinski definition) is 3. The van der Waals surface area contributed by atoms with E-state index in [9.17, 15) is 4.79 Å². The second-order valence-corrected chi connectivity index (χ2v) is 5.43. The average molecular weight is 262 g/mol. The second-order valence-electron chi connectivity index (χ2n) is 5.43. The molecule has 1 aromatic heterocycles. The molecule has 0 saturated heterocycles. The van der Waals surface area contributed by atoms with Gasteiger partial charge in [-0.15, -0.1) is 0 Å². The molecule has 5 nitrogen and oxygen atoms in total. The Bertz CT molecular complexity index is 439. The van der Waals surface area contributed by atoms with Crippen molar-refractivity contribution in [3.05, 3.63) is 18.3 Å². The first-order valence-electron chi connectivity index (χ1n) is 6.84. The first-order valence-corrected chi connectivity index (χ1v) is 6.84. The standard InChI is InChI=1S/C14H22N4O/c1-9(15)10-2-4-11(5-3-10)14(19)18-12-6-7-17-13(16)8-12/h6-11H,2-5,15H2,1H3,(H3,16,17,18,19)/t9-,10?,11?/m1/s1. The number of pyridine rings is 1. The van der Waals surface area contributed by atoms with E-state index in [1.165, 1.54) is 0 Å². The summed E-state index contributed by atoms with van der Waals surface area (Å²) in [6.07, 6.45) is 5.50. The van der Waals surface area contributed by atoms with Crippen LogP contribution in [-0.2, 0) is 4.79 Å². The normalized spacial score (nSPS) is 24.7. The molecule has 1 saturated carbocycles. The summed E-state index contributed by atoms with van der Waals surface area (Å²) >= 11 is 0. The van der Waals surface area contributed by atoms with E-state index in [1.54, 1.807) is 18.3 Å². The molecule has 0 aliphatic heterocycles. The van der Waals surface area contributed by atoms with Crippen LogP contribution in [0, 0.1) is 11.8 Å². The van der Waals surface area contributed by atoms with Gasteiger partial charge in [0, 0.05) is 29.9 Å². The van der Waals surface area contributed by atoms with E-state index in [0.717, 1.165) is 25.7 Å². The smallest absolute Gasteiger partial charge is 0.227 e. The van der Waals surface area contributed by atoms with Crippen LogP contribution in [0.25, 0.3) is 0 Å². The van der Waals surface area contributed by atoms with E-state index >= 15 is 0 Å². The molecular weight excluding hydrogens is 240 g/mol. The van der Waals surface area contributed by atoms with Gasteiger partial charge in [0.2, 0.25) is 5.91 Å². The van der Waals surface area contributed by atoms with E-state index in [0.29, 0.717) is 17.4 Å². The molecule has 0 aromatic carbocycles. The quantitative estimate of drug-likeness (QED) is 0.773. The molecule has 104 valence electrons. The third kappa shape index (κ3) is 3.67. The number of amides is 1. The summed E-state index contributed by atoms with van der Waals surface area (Å²) in [5.41, 5.74) is 12.2. The predicted octanol–water partition coefficient (Wildman–Crippen LogP) is 1.76. The topological polar surface area (TPSA) is 94.0 Å². The van der Waals surface area contributed by atoms with Crippen LogP contribution in [0.1, 0.15) is 32.6 Å². The van der Waals surface area contributed by atoms with Crippen LogP contribution < -0.4 is 16.8 Å². The maximum atomic E-state index is 12.2. The average Bonchev–Trinajstić information content (AvgIpc) is 2.39. The van der Waals surface area contributed by atoms with Gasteiger partial charge in [0.1, 0.15) is 5.82 Å². The van der Waals surface area contributed by atoms with Crippen LogP contribution in [0.3, 0.4) is 0 Å². The molecular formula is C14H22N4O. The van der Waals surface area contributed by atoms with Crippen LogP contribution in [0.5, 0.6) is 0 Å². The number of hydrogen-bond acceptors (Lipinski definition) is 4. The Morgan fingerprint density at radius 3 is 2.68 bits per heavy atom. The third-order valence-corrected chi connectivity index (χ3v) is 3.93. The molecule has 1 aliphatic rings. The van der Waals surface area contributed by atoms with E-state index in [4.69, 9.17) is 11.5 Å². The highest BCUT2D eigenvalue weighted by Gasteiger charge is 2.27. The van der Waals surface area contributed by atoms with Crippen LogP contribution in [0.4, 0.5) is 11.5 Å². The summed E-state index contributed by atoms with van der Waals surface area (Å²) in [7, 11) is 0. The zero-order chi connectivity index (χ0) is 13.8. The molecule has 19 heavy (non-hydrogen) atoms. The van der Waals surface area contributed by atoms with Gasteiger partial charge in [-0.2, -0.15) is 0 Å². The molecule has 5 heteroatoms. The minimum absolute atomic E-state index is 0.0775. The Balaban J connectivity index is 1.88. The maximum Gasteiger partial charge on any atom is 0.227 e. The number of nitrogens with zero attached hydrogens (tertiary/aromatic N) is 1. The molecule has 1 atom stereocenters. The number of nitrogen functional groups attached to an aromatic ring is 1. The first kappa shape index (κ1) is 13.8. The van der Waals surface area contributed by atoms with E-state index in [2.05, 4.69) is 10.3 Å². The molecule has 1 aliphatic carbocycles. The highest BCUT2D eigenvalue weighted by Crippen LogP contribution is 2.31. The summed E-state index contributed by atoms with van der Waals surface area (Å²) in [6.45, 7) is 2.05. The Hall–Kier alpha value is -1.62. The predicted molar refractivity (Wildman–Crippen MR) is 76.4 cm³/mol. The Labute approximate surface area is 113 Å². The molecule has 5 N–H and O–H groups in total. The monoisotopic (exact) mass is 262 g/mol. The number of anilines is 2. The highest BCUT2D eigenvalue weighted by molar-refractivity contribution is 5.92. The fourth-order valence-electron chi connectivity index (χ4n) is 2.68. The van der Waals surface area contributed by atoms with Crippen LogP contribution in [0.2, 0.25) is 0 Å². The number of nitrogens with one attached hydrogen (secondary N) is 1. The largest absolute Gasteiger partial charge is 0.384 e. The van der Waals surface area contributed by atoms with Gasteiger partial charge in [-0.3, -0.25) is 4.79 Å². The van der Waals surface area contributed by atoms with Gasteiger partial charge in [-0.25, -0.2) is 4.98 Å². The van der Waals surface area contributed by atoms with Crippen molar-refractivity contribution in [1.82, 2.24) is 4.98 Å². The third-order valence-electron chi connectivity index (χ3n) is 3.93. The van der Waals surface area contributed by atoms with Gasteiger partial charge in [-0.05, 0) is 44.6 Å². The van der Waals surface area contributed by atoms with Crippen molar-refractivity contribution >= 4 is 17.4 Å². The Morgan fingerprint density at radius 2 is 2.11 bits per heavy atom. The second kappa shape index (κ2) is 6.02. The molecule has 1 heterocycles. The summed E-state index contributed by atoms with van der Waals surface area (Å²) in [5.74, 6) is 1.14. The lowest BCUT2D eigenvalue weighted by atomic mass is 9.79. The summed E-state index contributed by atoms with van der Waals surface area (Å²) in [5, 5.41) is 2.91. The minimum atomic E-state index is 0.0775. The number of carbonyl (C=O) groups excluding carboxylic acids is 1. The lowest BCUT2D eigenvalue weighted by Gasteiger charge is -2.29. The van der Waals surface area contributed by atoms with Gasteiger partial charge in [0.25, 0.3) is 0 Å². The Kier molecular flexibility index (Phi) is 4.37. The van der Waals surface area contributed by atoms with Crippen molar-refractivity contribution in [2.45, 2.75) is 38.6 Å². The zero-order valence-electron chi connectivity index (χ0n) is 11.3. The van der Waals surface area contributed by atoms with E-state index < -0.39 is 0 Å². The zero-order valence-corrected chi connectivity index (χ0v) is 11.3. The summed E-state index contributed by atoms with van der Waals surface area (Å²) in [6, 6.07) is 3.65. The maximum absolute atomic E-state index is 12.2. The van der Waals surface area contributed by atoms with Crippen molar-refractivity contribution in [3.8, 4) is 0 Å². The lowest BCUT2D eigenvalue weighted by molar-refractivity contribution is -0.121. The highest BCUT2D eigenvalue weighted by atomic mass is 16.1. The van der Waals surface area contributed by atoms with Crippen molar-refractivity contribution < 1.29 is 4.79 Å². The van der Waals surface area contributed by atoms with E-state index in [-0.39, 0.29) is 17.9 Å². The van der Waals surface area contributed by atoms with Crippen LogP contribution in [0.15, 0.2) is 18.3 Å². The van der Waals surface area contributed by atoms with Gasteiger partial charge >= 0.3 is 0 Å². The van der Waals surface area contributed by atoms with Gasteiger partial charge in [0.05, 0.1) is 0 Å².